The van der Waals surface area contributed by atoms with Crippen LogP contribution in [0, 0.1) is 6.92 Å². The van der Waals surface area contributed by atoms with Crippen LogP contribution in [0.25, 0.3) is 0 Å². The van der Waals surface area contributed by atoms with Crippen molar-refractivity contribution in [1.82, 2.24) is 5.32 Å². The largest absolute Gasteiger partial charge is 0.399 e. The van der Waals surface area contributed by atoms with Crippen molar-refractivity contribution in [3.63, 3.8) is 0 Å². The molecule has 3 N–H and O–H groups in total. The average Bonchev–Trinajstić information content (AvgIpc) is 2.22. The van der Waals surface area contributed by atoms with E-state index in [1.165, 1.54) is 11.3 Å². The van der Waals surface area contributed by atoms with E-state index < -0.39 is 0 Å². The van der Waals surface area contributed by atoms with E-state index in [1.807, 2.05) is 19.2 Å². The summed E-state index contributed by atoms with van der Waals surface area (Å²) in [6.07, 6.45) is 1.14. The molecular weight excluding hydrogens is 186 g/mol. The van der Waals surface area contributed by atoms with E-state index in [0.717, 1.165) is 25.2 Å². The number of nitrogen functional groups attached to an aromatic ring is 1. The number of benzene rings is 1. The predicted molar refractivity (Wildman–Crippen MR) is 67.4 cm³/mol. The van der Waals surface area contributed by atoms with Crippen molar-refractivity contribution in [3.8, 4) is 0 Å². The Kier molecular flexibility index (Phi) is 4.43. The second kappa shape index (κ2) is 5.61. The zero-order valence-electron chi connectivity index (χ0n) is 9.88. The number of rotatable bonds is 5. The van der Waals surface area contributed by atoms with E-state index in [4.69, 9.17) is 5.73 Å². The summed E-state index contributed by atoms with van der Waals surface area (Å²) in [5.74, 6) is 0. The zero-order chi connectivity index (χ0) is 11.3. The van der Waals surface area contributed by atoms with Gasteiger partial charge in [-0.1, -0.05) is 6.07 Å². The number of nitrogens with zero attached hydrogens (tertiary/aromatic N) is 1. The van der Waals surface area contributed by atoms with Crippen LogP contribution in [0.1, 0.15) is 12.0 Å². The molecule has 15 heavy (non-hydrogen) atoms. The fourth-order valence-corrected chi connectivity index (χ4v) is 1.65. The molecule has 0 saturated heterocycles. The monoisotopic (exact) mass is 207 g/mol. The Labute approximate surface area is 92.3 Å². The zero-order valence-corrected chi connectivity index (χ0v) is 9.88. The van der Waals surface area contributed by atoms with E-state index in [-0.39, 0.29) is 0 Å². The van der Waals surface area contributed by atoms with Crippen LogP contribution in [0.5, 0.6) is 0 Å². The molecule has 3 nitrogen and oxygen atoms in total. The highest BCUT2D eigenvalue weighted by Gasteiger charge is 2.04. The molecule has 3 heteroatoms. The molecule has 0 saturated carbocycles. The summed E-state index contributed by atoms with van der Waals surface area (Å²) in [6, 6.07) is 6.05. The average molecular weight is 207 g/mol. The third-order valence-corrected chi connectivity index (χ3v) is 2.56. The second-order valence-electron chi connectivity index (χ2n) is 3.92. The molecule has 0 heterocycles. The fourth-order valence-electron chi connectivity index (χ4n) is 1.65. The Bertz CT molecular complexity index is 310. The molecule has 0 atom stereocenters. The Morgan fingerprint density at radius 3 is 2.80 bits per heavy atom. The second-order valence-corrected chi connectivity index (χ2v) is 3.92. The van der Waals surface area contributed by atoms with Crippen LogP contribution in [-0.2, 0) is 0 Å². The van der Waals surface area contributed by atoms with Crippen molar-refractivity contribution in [2.24, 2.45) is 0 Å². The summed E-state index contributed by atoms with van der Waals surface area (Å²) in [5.41, 5.74) is 9.11. The summed E-state index contributed by atoms with van der Waals surface area (Å²) in [5, 5.41) is 3.15. The predicted octanol–water partition coefficient (Wildman–Crippen LogP) is 1.62. The first kappa shape index (κ1) is 11.9. The lowest BCUT2D eigenvalue weighted by Gasteiger charge is -2.21. The van der Waals surface area contributed by atoms with Gasteiger partial charge in [0.05, 0.1) is 0 Å². The van der Waals surface area contributed by atoms with Crippen LogP contribution in [0.2, 0.25) is 0 Å². The maximum Gasteiger partial charge on any atom is 0.0413 e. The SMILES string of the molecule is CNCCCN(C)c1cc(N)ccc1C. The van der Waals surface area contributed by atoms with Gasteiger partial charge in [-0.05, 0) is 44.6 Å². The maximum absolute atomic E-state index is 5.78. The first-order valence-corrected chi connectivity index (χ1v) is 5.37. The van der Waals surface area contributed by atoms with Crippen molar-refractivity contribution in [2.45, 2.75) is 13.3 Å². The van der Waals surface area contributed by atoms with Crippen LogP contribution < -0.4 is 16.0 Å². The van der Waals surface area contributed by atoms with Crippen LogP contribution >= 0.6 is 0 Å². The van der Waals surface area contributed by atoms with E-state index in [9.17, 15) is 0 Å². The molecule has 0 aliphatic heterocycles. The molecule has 0 amide bonds. The summed E-state index contributed by atoms with van der Waals surface area (Å²) < 4.78 is 0. The Hall–Kier alpha value is -1.22. The lowest BCUT2D eigenvalue weighted by molar-refractivity contribution is 0.712. The lowest BCUT2D eigenvalue weighted by atomic mass is 10.1. The van der Waals surface area contributed by atoms with Gasteiger partial charge in [-0.2, -0.15) is 0 Å². The van der Waals surface area contributed by atoms with Gasteiger partial charge in [-0.15, -0.1) is 0 Å². The first-order valence-electron chi connectivity index (χ1n) is 5.37. The Morgan fingerprint density at radius 1 is 1.40 bits per heavy atom. The van der Waals surface area contributed by atoms with Crippen molar-refractivity contribution < 1.29 is 0 Å². The topological polar surface area (TPSA) is 41.3 Å². The molecule has 0 radical (unpaired) electrons. The summed E-state index contributed by atoms with van der Waals surface area (Å²) in [6.45, 7) is 4.21. The molecule has 0 aromatic heterocycles. The van der Waals surface area contributed by atoms with E-state index in [1.54, 1.807) is 0 Å². The summed E-state index contributed by atoms with van der Waals surface area (Å²) in [7, 11) is 4.09. The van der Waals surface area contributed by atoms with Gasteiger partial charge in [0.2, 0.25) is 0 Å². The third kappa shape index (κ3) is 3.44. The van der Waals surface area contributed by atoms with Gasteiger partial charge in [0, 0.05) is 25.0 Å². The van der Waals surface area contributed by atoms with Gasteiger partial charge in [0.15, 0.2) is 0 Å². The molecule has 1 rings (SSSR count). The van der Waals surface area contributed by atoms with Gasteiger partial charge < -0.3 is 16.0 Å². The molecule has 0 bridgehead atoms. The Morgan fingerprint density at radius 2 is 2.13 bits per heavy atom. The standard InChI is InChI=1S/C12H21N3/c1-10-5-6-11(13)9-12(10)15(3)8-4-7-14-2/h5-6,9,14H,4,7-8,13H2,1-3H3. The van der Waals surface area contributed by atoms with Crippen LogP contribution in [-0.4, -0.2) is 27.2 Å². The molecule has 84 valence electrons. The summed E-state index contributed by atoms with van der Waals surface area (Å²) in [4.78, 5) is 2.25. The minimum absolute atomic E-state index is 0.830. The van der Waals surface area contributed by atoms with Crippen LogP contribution in [0.3, 0.4) is 0 Å². The van der Waals surface area contributed by atoms with Gasteiger partial charge >= 0.3 is 0 Å². The minimum Gasteiger partial charge on any atom is -0.399 e. The number of hydrogen-bond donors (Lipinski definition) is 2. The normalized spacial score (nSPS) is 10.3. The minimum atomic E-state index is 0.830. The molecule has 0 unspecified atom stereocenters. The number of nitrogens with two attached hydrogens (primary N) is 1. The molecule has 1 aromatic rings. The number of nitrogens with one attached hydrogen (secondary N) is 1. The highest BCUT2D eigenvalue weighted by molar-refractivity contribution is 5.60. The quantitative estimate of drug-likeness (QED) is 0.569. The third-order valence-electron chi connectivity index (χ3n) is 2.56. The summed E-state index contributed by atoms with van der Waals surface area (Å²) >= 11 is 0. The van der Waals surface area contributed by atoms with E-state index >= 15 is 0 Å². The molecular formula is C12H21N3. The highest BCUT2D eigenvalue weighted by atomic mass is 15.1. The van der Waals surface area contributed by atoms with Crippen molar-refractivity contribution in [2.75, 3.05) is 37.8 Å². The number of hydrogen-bond acceptors (Lipinski definition) is 3. The van der Waals surface area contributed by atoms with Crippen molar-refractivity contribution in [3.05, 3.63) is 23.8 Å². The van der Waals surface area contributed by atoms with Crippen molar-refractivity contribution >= 4 is 11.4 Å². The van der Waals surface area contributed by atoms with Crippen LogP contribution in [0.4, 0.5) is 11.4 Å². The molecule has 0 aliphatic rings. The molecule has 0 fully saturated rings. The van der Waals surface area contributed by atoms with Gasteiger partial charge in [-0.25, -0.2) is 0 Å². The van der Waals surface area contributed by atoms with Gasteiger partial charge in [-0.3, -0.25) is 0 Å². The van der Waals surface area contributed by atoms with Gasteiger partial charge in [0.1, 0.15) is 0 Å². The smallest absolute Gasteiger partial charge is 0.0413 e. The number of aryl methyl sites for hydroxylation is 1. The molecule has 1 aromatic carbocycles. The van der Waals surface area contributed by atoms with E-state index in [2.05, 4.69) is 30.3 Å². The first-order chi connectivity index (χ1) is 7.15. The van der Waals surface area contributed by atoms with Crippen molar-refractivity contribution in [1.29, 1.82) is 0 Å². The molecule has 0 spiro atoms. The van der Waals surface area contributed by atoms with E-state index in [0.29, 0.717) is 0 Å². The number of anilines is 2. The lowest BCUT2D eigenvalue weighted by Crippen LogP contribution is -2.22. The molecule has 0 aliphatic carbocycles. The van der Waals surface area contributed by atoms with Gasteiger partial charge in [0.25, 0.3) is 0 Å². The maximum atomic E-state index is 5.78. The fraction of sp³-hybridized carbons (Fsp3) is 0.500. The van der Waals surface area contributed by atoms with Crippen LogP contribution in [0.15, 0.2) is 18.2 Å². The Balaban J connectivity index is 2.64. The highest BCUT2D eigenvalue weighted by Crippen LogP contribution is 2.21.